The number of benzene rings is 1. The zero-order valence-electron chi connectivity index (χ0n) is 11.4. The highest BCUT2D eigenvalue weighted by Crippen LogP contribution is 2.50. The summed E-state index contributed by atoms with van der Waals surface area (Å²) in [5.74, 6) is 1.60. The predicted molar refractivity (Wildman–Crippen MR) is 82.8 cm³/mol. The molecule has 0 amide bonds. The number of aryl methyl sites for hydroxylation is 1. The molecule has 1 N–H and O–H groups in total. The second-order valence-corrected chi connectivity index (χ2v) is 6.26. The molecule has 0 aliphatic heterocycles. The summed E-state index contributed by atoms with van der Waals surface area (Å²) >= 11 is 1.80. The van der Waals surface area contributed by atoms with E-state index in [1.807, 2.05) is 0 Å². The highest BCUT2D eigenvalue weighted by atomic mass is 32.1. The van der Waals surface area contributed by atoms with Gasteiger partial charge in [0.25, 0.3) is 0 Å². The summed E-state index contributed by atoms with van der Waals surface area (Å²) in [5, 5.41) is 7.98. The topological polar surface area (TPSA) is 12.0 Å². The van der Waals surface area contributed by atoms with E-state index < -0.39 is 0 Å². The van der Waals surface area contributed by atoms with Crippen LogP contribution in [0.5, 0.6) is 0 Å². The molecule has 1 heterocycles. The highest BCUT2D eigenvalue weighted by molar-refractivity contribution is 7.07. The minimum absolute atomic E-state index is 0.658. The molecule has 3 rings (SSSR count). The fourth-order valence-corrected chi connectivity index (χ4v) is 3.78. The molecule has 0 spiro atoms. The normalized spacial score (nSPS) is 23.2. The summed E-state index contributed by atoms with van der Waals surface area (Å²) in [6.07, 6.45) is 3.80. The Hall–Kier alpha value is -1.12. The van der Waals surface area contributed by atoms with Gasteiger partial charge < -0.3 is 5.32 Å². The van der Waals surface area contributed by atoms with Crippen molar-refractivity contribution in [3.05, 3.63) is 58.3 Å². The van der Waals surface area contributed by atoms with Gasteiger partial charge in [-0.2, -0.15) is 11.3 Å². The summed E-state index contributed by atoms with van der Waals surface area (Å²) in [5.41, 5.74) is 3.01. The van der Waals surface area contributed by atoms with Crippen molar-refractivity contribution in [1.82, 2.24) is 5.32 Å². The van der Waals surface area contributed by atoms with Gasteiger partial charge >= 0.3 is 0 Å². The van der Waals surface area contributed by atoms with Crippen molar-refractivity contribution in [3.63, 3.8) is 0 Å². The van der Waals surface area contributed by atoms with Crippen molar-refractivity contribution in [2.24, 2.45) is 5.92 Å². The molecule has 1 aliphatic carbocycles. The summed E-state index contributed by atoms with van der Waals surface area (Å²) in [6, 6.07) is 13.9. The third-order valence-corrected chi connectivity index (χ3v) is 5.01. The van der Waals surface area contributed by atoms with Crippen LogP contribution in [0, 0.1) is 5.92 Å². The maximum atomic E-state index is 3.53. The fourth-order valence-electron chi connectivity index (χ4n) is 3.07. The first kappa shape index (κ1) is 12.9. The van der Waals surface area contributed by atoms with E-state index in [4.69, 9.17) is 0 Å². The summed E-state index contributed by atoms with van der Waals surface area (Å²) < 4.78 is 0. The lowest BCUT2D eigenvalue weighted by atomic mass is 10.00. The van der Waals surface area contributed by atoms with Gasteiger partial charge in [-0.05, 0) is 66.1 Å². The van der Waals surface area contributed by atoms with Crippen LogP contribution in [-0.4, -0.2) is 13.1 Å². The molecule has 1 aromatic carbocycles. The Morgan fingerprint density at radius 2 is 2.11 bits per heavy atom. The average Bonchev–Trinajstić information content (AvgIpc) is 3.07. The third-order valence-electron chi connectivity index (χ3n) is 4.28. The Morgan fingerprint density at radius 1 is 1.26 bits per heavy atom. The van der Waals surface area contributed by atoms with Gasteiger partial charge in [0.05, 0.1) is 0 Å². The van der Waals surface area contributed by atoms with E-state index in [-0.39, 0.29) is 0 Å². The molecule has 0 radical (unpaired) electrons. The van der Waals surface area contributed by atoms with Gasteiger partial charge in [-0.3, -0.25) is 0 Å². The molecular weight excluding hydrogens is 250 g/mol. The Morgan fingerprint density at radius 3 is 2.79 bits per heavy atom. The zero-order chi connectivity index (χ0) is 13.1. The fraction of sp³-hybridized carbons (Fsp3) is 0.412. The van der Waals surface area contributed by atoms with E-state index in [0.717, 1.165) is 11.8 Å². The van der Waals surface area contributed by atoms with E-state index in [1.165, 1.54) is 30.4 Å². The van der Waals surface area contributed by atoms with Crippen LogP contribution in [0.3, 0.4) is 0 Å². The predicted octanol–water partition coefficient (Wildman–Crippen LogP) is 4.07. The van der Waals surface area contributed by atoms with Crippen LogP contribution in [0.15, 0.2) is 47.2 Å². The number of nitrogens with one attached hydrogen (secondary N) is 1. The van der Waals surface area contributed by atoms with E-state index in [1.54, 1.807) is 11.3 Å². The lowest BCUT2D eigenvalue weighted by molar-refractivity contribution is 0.462. The van der Waals surface area contributed by atoms with Crippen LogP contribution in [0.1, 0.15) is 29.9 Å². The monoisotopic (exact) mass is 271 g/mol. The van der Waals surface area contributed by atoms with Gasteiger partial charge in [0.2, 0.25) is 0 Å². The maximum absolute atomic E-state index is 3.53. The van der Waals surface area contributed by atoms with Gasteiger partial charge in [0.1, 0.15) is 0 Å². The molecule has 1 aromatic heterocycles. The lowest BCUT2D eigenvalue weighted by Gasteiger charge is -2.16. The molecule has 2 aromatic rings. The van der Waals surface area contributed by atoms with Crippen LogP contribution in [0.2, 0.25) is 0 Å². The quantitative estimate of drug-likeness (QED) is 0.835. The van der Waals surface area contributed by atoms with Crippen molar-refractivity contribution in [2.45, 2.75) is 31.2 Å². The minimum atomic E-state index is 0.658. The molecular formula is C17H21NS. The van der Waals surface area contributed by atoms with Gasteiger partial charge in [0, 0.05) is 6.04 Å². The molecule has 1 aliphatic rings. The SMILES string of the molecule is CNC(CCc1ccsc1)C1CC1c1ccccc1. The first-order chi connectivity index (χ1) is 9.38. The molecule has 0 saturated heterocycles. The Labute approximate surface area is 119 Å². The van der Waals surface area contributed by atoms with E-state index >= 15 is 0 Å². The van der Waals surface area contributed by atoms with E-state index in [2.05, 4.69) is 59.5 Å². The summed E-state index contributed by atoms with van der Waals surface area (Å²) in [6.45, 7) is 0. The first-order valence-electron chi connectivity index (χ1n) is 7.12. The van der Waals surface area contributed by atoms with Crippen LogP contribution in [0.25, 0.3) is 0 Å². The van der Waals surface area contributed by atoms with Gasteiger partial charge in [-0.15, -0.1) is 0 Å². The van der Waals surface area contributed by atoms with Gasteiger partial charge in [-0.25, -0.2) is 0 Å². The zero-order valence-corrected chi connectivity index (χ0v) is 12.2. The second kappa shape index (κ2) is 5.89. The van der Waals surface area contributed by atoms with Crippen LogP contribution >= 0.6 is 11.3 Å². The number of hydrogen-bond donors (Lipinski definition) is 1. The largest absolute Gasteiger partial charge is 0.317 e. The molecule has 19 heavy (non-hydrogen) atoms. The molecule has 0 bridgehead atoms. The summed E-state index contributed by atoms with van der Waals surface area (Å²) in [4.78, 5) is 0. The highest BCUT2D eigenvalue weighted by Gasteiger charge is 2.42. The van der Waals surface area contributed by atoms with Crippen molar-refractivity contribution in [2.75, 3.05) is 7.05 Å². The van der Waals surface area contributed by atoms with E-state index in [0.29, 0.717) is 6.04 Å². The minimum Gasteiger partial charge on any atom is -0.317 e. The van der Waals surface area contributed by atoms with Crippen LogP contribution < -0.4 is 5.32 Å². The molecule has 1 fully saturated rings. The molecule has 3 atom stereocenters. The van der Waals surface area contributed by atoms with Gasteiger partial charge in [-0.1, -0.05) is 30.3 Å². The van der Waals surface area contributed by atoms with Crippen LogP contribution in [0.4, 0.5) is 0 Å². The smallest absolute Gasteiger partial charge is 0.0102 e. The van der Waals surface area contributed by atoms with Crippen LogP contribution in [-0.2, 0) is 6.42 Å². The average molecular weight is 271 g/mol. The van der Waals surface area contributed by atoms with Crippen molar-refractivity contribution in [1.29, 1.82) is 0 Å². The number of hydrogen-bond acceptors (Lipinski definition) is 2. The molecule has 3 unspecified atom stereocenters. The molecule has 1 nitrogen and oxygen atoms in total. The third kappa shape index (κ3) is 3.07. The van der Waals surface area contributed by atoms with Crippen molar-refractivity contribution < 1.29 is 0 Å². The molecule has 100 valence electrons. The maximum Gasteiger partial charge on any atom is 0.0102 e. The standard InChI is InChI=1S/C17H21NS/c1-18-17(8-7-13-9-10-19-12-13)16-11-15(16)14-5-3-2-4-6-14/h2-6,9-10,12,15-18H,7-8,11H2,1H3. The summed E-state index contributed by atoms with van der Waals surface area (Å²) in [7, 11) is 2.11. The Kier molecular flexibility index (Phi) is 4.00. The van der Waals surface area contributed by atoms with E-state index in [9.17, 15) is 0 Å². The molecule has 2 heteroatoms. The first-order valence-corrected chi connectivity index (χ1v) is 8.06. The lowest BCUT2D eigenvalue weighted by Crippen LogP contribution is -2.28. The van der Waals surface area contributed by atoms with Crippen molar-refractivity contribution in [3.8, 4) is 0 Å². The Bertz CT molecular complexity index is 491. The second-order valence-electron chi connectivity index (χ2n) is 5.48. The molecule has 1 saturated carbocycles. The van der Waals surface area contributed by atoms with Crippen molar-refractivity contribution >= 4 is 11.3 Å². The number of thiophene rings is 1. The Balaban J connectivity index is 1.56. The van der Waals surface area contributed by atoms with Gasteiger partial charge in [0.15, 0.2) is 0 Å². The number of rotatable bonds is 6.